The van der Waals surface area contributed by atoms with Gasteiger partial charge in [-0.05, 0) is 43.4 Å². The molecule has 0 radical (unpaired) electrons. The predicted octanol–water partition coefficient (Wildman–Crippen LogP) is 3.00. The topological polar surface area (TPSA) is 64.4 Å². The number of carbonyl (C=O) groups is 1. The molecule has 2 atom stereocenters. The summed E-state index contributed by atoms with van der Waals surface area (Å²) in [6.07, 6.45) is 1.16. The van der Waals surface area contributed by atoms with Gasteiger partial charge in [-0.15, -0.1) is 0 Å². The molecule has 0 bridgehead atoms. The van der Waals surface area contributed by atoms with Gasteiger partial charge < -0.3 is 15.8 Å². The number of nitrogens with two attached hydrogens (primary N) is 1. The van der Waals surface area contributed by atoms with Gasteiger partial charge >= 0.3 is 0 Å². The van der Waals surface area contributed by atoms with Crippen molar-refractivity contribution in [2.24, 2.45) is 5.73 Å². The molecule has 0 spiro atoms. The quantitative estimate of drug-likeness (QED) is 0.814. The van der Waals surface area contributed by atoms with Gasteiger partial charge in [0, 0.05) is 12.5 Å². The van der Waals surface area contributed by atoms with Crippen LogP contribution < -0.4 is 15.8 Å². The van der Waals surface area contributed by atoms with Gasteiger partial charge in [0.1, 0.15) is 12.4 Å². The molecule has 0 aliphatic heterocycles. The molecule has 0 aromatic heterocycles. The van der Waals surface area contributed by atoms with Crippen LogP contribution in [0.1, 0.15) is 53.0 Å². The van der Waals surface area contributed by atoms with Gasteiger partial charge in [-0.2, -0.15) is 0 Å². The summed E-state index contributed by atoms with van der Waals surface area (Å²) >= 11 is 0. The van der Waals surface area contributed by atoms with Crippen molar-refractivity contribution in [2.75, 3.05) is 6.61 Å². The third-order valence-corrected chi connectivity index (χ3v) is 3.45. The maximum Gasteiger partial charge on any atom is 0.220 e. The zero-order valence-corrected chi connectivity index (χ0v) is 14.5. The summed E-state index contributed by atoms with van der Waals surface area (Å²) in [4.78, 5) is 11.7. The Bertz CT molecular complexity index is 461. The van der Waals surface area contributed by atoms with Crippen molar-refractivity contribution in [1.29, 1.82) is 0 Å². The highest BCUT2D eigenvalue weighted by Gasteiger charge is 2.13. The average molecular weight is 306 g/mol. The molecule has 1 rings (SSSR count). The summed E-state index contributed by atoms with van der Waals surface area (Å²) in [7, 11) is 0. The summed E-state index contributed by atoms with van der Waals surface area (Å²) in [5, 5.41) is 2.92. The summed E-state index contributed by atoms with van der Waals surface area (Å²) < 4.78 is 5.72. The Morgan fingerprint density at radius 3 is 2.32 bits per heavy atom. The lowest BCUT2D eigenvalue weighted by Gasteiger charge is -2.20. The number of amides is 1. The second-order valence-corrected chi connectivity index (χ2v) is 7.07. The third kappa shape index (κ3) is 6.94. The van der Waals surface area contributed by atoms with Crippen LogP contribution in [0, 0.1) is 0 Å². The fraction of sp³-hybridized carbons (Fsp3) is 0.611. The van der Waals surface area contributed by atoms with Crippen LogP contribution in [-0.2, 0) is 10.2 Å². The van der Waals surface area contributed by atoms with Crippen molar-refractivity contribution >= 4 is 5.91 Å². The van der Waals surface area contributed by atoms with Gasteiger partial charge in [0.15, 0.2) is 0 Å². The van der Waals surface area contributed by atoms with Crippen LogP contribution in [0.5, 0.6) is 5.75 Å². The number of carbonyl (C=O) groups excluding carboxylic acids is 1. The molecule has 3 N–H and O–H groups in total. The Balaban J connectivity index is 2.38. The molecule has 124 valence electrons. The van der Waals surface area contributed by atoms with Crippen molar-refractivity contribution in [2.45, 2.75) is 65.0 Å². The highest BCUT2D eigenvalue weighted by molar-refractivity contribution is 5.76. The first kappa shape index (κ1) is 18.5. The molecule has 1 aromatic rings. The molecule has 0 saturated heterocycles. The Morgan fingerprint density at radius 2 is 1.82 bits per heavy atom. The molecule has 0 aliphatic rings. The Kier molecular flexibility index (Phi) is 6.88. The minimum atomic E-state index is -0.0251. The van der Waals surface area contributed by atoms with E-state index in [2.05, 4.69) is 38.2 Å². The number of benzene rings is 1. The van der Waals surface area contributed by atoms with E-state index >= 15 is 0 Å². The highest BCUT2D eigenvalue weighted by Crippen LogP contribution is 2.24. The second-order valence-electron chi connectivity index (χ2n) is 7.07. The molecule has 1 amide bonds. The first-order valence-electron chi connectivity index (χ1n) is 7.97. The van der Waals surface area contributed by atoms with E-state index in [0.717, 1.165) is 5.75 Å². The van der Waals surface area contributed by atoms with Crippen LogP contribution in [-0.4, -0.2) is 24.6 Å². The number of nitrogens with one attached hydrogen (secondary N) is 1. The van der Waals surface area contributed by atoms with E-state index in [-0.39, 0.29) is 23.4 Å². The van der Waals surface area contributed by atoms with Crippen molar-refractivity contribution < 1.29 is 9.53 Å². The molecule has 0 heterocycles. The molecular weight excluding hydrogens is 276 g/mol. The molecular formula is C18H30N2O2. The van der Waals surface area contributed by atoms with Crippen LogP contribution >= 0.6 is 0 Å². The number of hydrogen-bond donors (Lipinski definition) is 2. The van der Waals surface area contributed by atoms with Crippen molar-refractivity contribution in [1.82, 2.24) is 5.32 Å². The fourth-order valence-electron chi connectivity index (χ4n) is 2.02. The summed E-state index contributed by atoms with van der Waals surface area (Å²) in [5.41, 5.74) is 7.06. The van der Waals surface area contributed by atoms with Gasteiger partial charge in [0.25, 0.3) is 0 Å². The monoisotopic (exact) mass is 306 g/mol. The molecule has 1 aromatic carbocycles. The van der Waals surface area contributed by atoms with Gasteiger partial charge in [-0.3, -0.25) is 4.79 Å². The second kappa shape index (κ2) is 8.18. The van der Waals surface area contributed by atoms with E-state index < -0.39 is 0 Å². The molecule has 0 fully saturated rings. The Hall–Kier alpha value is -1.55. The van der Waals surface area contributed by atoms with Crippen LogP contribution in [0.25, 0.3) is 0 Å². The van der Waals surface area contributed by atoms with E-state index in [9.17, 15) is 4.79 Å². The smallest absolute Gasteiger partial charge is 0.220 e. The zero-order valence-electron chi connectivity index (χ0n) is 14.5. The van der Waals surface area contributed by atoms with Crippen LogP contribution in [0.2, 0.25) is 0 Å². The minimum Gasteiger partial charge on any atom is -0.491 e. The molecule has 4 nitrogen and oxygen atoms in total. The standard InChI is InChI=1S/C18H30N2O2/c1-13(19)6-11-17(21)20-14(2)12-22-16-9-7-15(8-10-16)18(3,4)5/h7-10,13-14H,6,11-12,19H2,1-5H3,(H,20,21). The van der Waals surface area contributed by atoms with E-state index in [4.69, 9.17) is 10.5 Å². The van der Waals surface area contributed by atoms with Gasteiger partial charge in [-0.1, -0.05) is 32.9 Å². The van der Waals surface area contributed by atoms with E-state index in [0.29, 0.717) is 19.4 Å². The lowest BCUT2D eigenvalue weighted by Crippen LogP contribution is -2.37. The maximum atomic E-state index is 11.7. The third-order valence-electron chi connectivity index (χ3n) is 3.45. The number of ether oxygens (including phenoxy) is 1. The lowest BCUT2D eigenvalue weighted by molar-refractivity contribution is -0.122. The normalized spacial score (nSPS) is 14.3. The van der Waals surface area contributed by atoms with Crippen LogP contribution in [0.15, 0.2) is 24.3 Å². The summed E-state index contributed by atoms with van der Waals surface area (Å²) in [5.74, 6) is 0.848. The average Bonchev–Trinajstić information content (AvgIpc) is 2.42. The molecule has 4 heteroatoms. The largest absolute Gasteiger partial charge is 0.491 e. The van der Waals surface area contributed by atoms with E-state index in [1.165, 1.54) is 5.56 Å². The fourth-order valence-corrected chi connectivity index (χ4v) is 2.02. The summed E-state index contributed by atoms with van der Waals surface area (Å²) in [6.45, 7) is 10.8. The van der Waals surface area contributed by atoms with Crippen LogP contribution in [0.4, 0.5) is 0 Å². The Labute approximate surface area is 134 Å². The minimum absolute atomic E-state index is 0.0245. The lowest BCUT2D eigenvalue weighted by atomic mass is 9.87. The van der Waals surface area contributed by atoms with Crippen molar-refractivity contribution in [3.05, 3.63) is 29.8 Å². The van der Waals surface area contributed by atoms with Crippen LogP contribution in [0.3, 0.4) is 0 Å². The predicted molar refractivity (Wildman–Crippen MR) is 91.1 cm³/mol. The Morgan fingerprint density at radius 1 is 1.23 bits per heavy atom. The van der Waals surface area contributed by atoms with E-state index in [1.54, 1.807) is 0 Å². The molecule has 0 aliphatic carbocycles. The van der Waals surface area contributed by atoms with Gasteiger partial charge in [-0.25, -0.2) is 0 Å². The highest BCUT2D eigenvalue weighted by atomic mass is 16.5. The molecule has 2 unspecified atom stereocenters. The first-order valence-corrected chi connectivity index (χ1v) is 7.97. The van der Waals surface area contributed by atoms with Crippen molar-refractivity contribution in [3.63, 3.8) is 0 Å². The van der Waals surface area contributed by atoms with Gasteiger partial charge in [0.2, 0.25) is 5.91 Å². The molecule has 0 saturated carbocycles. The number of hydrogen-bond acceptors (Lipinski definition) is 3. The van der Waals surface area contributed by atoms with Gasteiger partial charge in [0.05, 0.1) is 6.04 Å². The maximum absolute atomic E-state index is 11.7. The number of rotatable bonds is 7. The first-order chi connectivity index (χ1) is 10.2. The SMILES string of the molecule is CC(N)CCC(=O)NC(C)COc1ccc(C(C)(C)C)cc1. The summed E-state index contributed by atoms with van der Waals surface area (Å²) in [6, 6.07) is 8.15. The zero-order chi connectivity index (χ0) is 16.8. The van der Waals surface area contributed by atoms with Crippen molar-refractivity contribution in [3.8, 4) is 5.75 Å². The molecule has 22 heavy (non-hydrogen) atoms. The van der Waals surface area contributed by atoms with E-state index in [1.807, 2.05) is 26.0 Å².